The van der Waals surface area contributed by atoms with E-state index in [4.69, 9.17) is 9.47 Å². The number of nitriles is 1. The fourth-order valence-corrected chi connectivity index (χ4v) is 3.39. The number of methoxy groups -OCH3 is 1. The van der Waals surface area contributed by atoms with Gasteiger partial charge in [0.2, 0.25) is 0 Å². The Bertz CT molecular complexity index is 901. The summed E-state index contributed by atoms with van der Waals surface area (Å²) in [6.07, 6.45) is 1.55. The fourth-order valence-electron chi connectivity index (χ4n) is 2.25. The van der Waals surface area contributed by atoms with Crippen molar-refractivity contribution in [2.75, 3.05) is 21.2 Å². The van der Waals surface area contributed by atoms with Crippen molar-refractivity contribution in [1.82, 2.24) is 4.90 Å². The Balaban J connectivity index is 2.30. The highest BCUT2D eigenvalue weighted by molar-refractivity contribution is 14.1. The summed E-state index contributed by atoms with van der Waals surface area (Å²) in [5.41, 5.74) is 1.82. The summed E-state index contributed by atoms with van der Waals surface area (Å²) in [6.45, 7) is 0.418. The van der Waals surface area contributed by atoms with E-state index in [-0.39, 0.29) is 11.5 Å². The first-order valence-electron chi connectivity index (χ1n) is 7.94. The lowest BCUT2D eigenvalue weighted by Gasteiger charge is -2.14. The summed E-state index contributed by atoms with van der Waals surface area (Å²) in [7, 11) is 4.78. The molecule has 2 aromatic carbocycles. The van der Waals surface area contributed by atoms with Crippen LogP contribution >= 0.6 is 45.2 Å². The summed E-state index contributed by atoms with van der Waals surface area (Å²) in [5, 5.41) is 9.26. The molecule has 7 heteroatoms. The van der Waals surface area contributed by atoms with Gasteiger partial charge in [0.25, 0.3) is 5.91 Å². The number of ether oxygens (including phenoxy) is 2. The molecule has 0 N–H and O–H groups in total. The Morgan fingerprint density at radius 1 is 1.22 bits per heavy atom. The second-order valence-electron chi connectivity index (χ2n) is 5.82. The summed E-state index contributed by atoms with van der Waals surface area (Å²) >= 11 is 4.42. The third kappa shape index (κ3) is 5.84. The van der Waals surface area contributed by atoms with Crippen LogP contribution in [0.5, 0.6) is 11.5 Å². The fraction of sp³-hybridized carbons (Fsp3) is 0.200. The number of rotatable bonds is 6. The molecule has 0 atom stereocenters. The maximum Gasteiger partial charge on any atom is 0.264 e. The number of hydrogen-bond donors (Lipinski definition) is 0. The molecule has 0 aliphatic heterocycles. The van der Waals surface area contributed by atoms with Crippen LogP contribution in [0.2, 0.25) is 0 Å². The summed E-state index contributed by atoms with van der Waals surface area (Å²) < 4.78 is 13.4. The zero-order valence-corrected chi connectivity index (χ0v) is 19.4. The van der Waals surface area contributed by atoms with Crippen molar-refractivity contribution in [2.24, 2.45) is 0 Å². The van der Waals surface area contributed by atoms with E-state index in [1.165, 1.54) is 8.47 Å². The number of halogens is 2. The van der Waals surface area contributed by atoms with Crippen molar-refractivity contribution >= 4 is 57.2 Å². The first kappa shape index (κ1) is 21.5. The predicted molar refractivity (Wildman–Crippen MR) is 121 cm³/mol. The number of amides is 1. The van der Waals surface area contributed by atoms with Gasteiger partial charge in [-0.3, -0.25) is 4.79 Å². The Kier molecular flexibility index (Phi) is 7.91. The molecule has 0 aromatic heterocycles. The smallest absolute Gasteiger partial charge is 0.264 e. The maximum absolute atomic E-state index is 12.0. The normalized spacial score (nSPS) is 10.9. The average molecular weight is 588 g/mol. The van der Waals surface area contributed by atoms with Gasteiger partial charge < -0.3 is 14.4 Å². The monoisotopic (exact) mass is 588 g/mol. The van der Waals surface area contributed by atoms with Crippen molar-refractivity contribution in [3.8, 4) is 17.6 Å². The van der Waals surface area contributed by atoms with Crippen LogP contribution in [0.1, 0.15) is 11.1 Å². The summed E-state index contributed by atoms with van der Waals surface area (Å²) in [5.74, 6) is 0.838. The molecule has 0 heterocycles. The van der Waals surface area contributed by atoms with E-state index >= 15 is 0 Å². The molecule has 0 aliphatic rings. The SMILES string of the molecule is COc1cc(/C=C(/C#N)C(=O)N(C)C)cc(I)c1OCc1ccc(I)cc1. The van der Waals surface area contributed by atoms with E-state index in [1.54, 1.807) is 33.3 Å². The zero-order chi connectivity index (χ0) is 20.0. The number of carbonyl (C=O) groups is 1. The molecule has 0 aliphatic carbocycles. The first-order chi connectivity index (χ1) is 12.8. The van der Waals surface area contributed by atoms with Gasteiger partial charge in [0, 0.05) is 17.7 Å². The van der Waals surface area contributed by atoms with Gasteiger partial charge in [-0.15, -0.1) is 0 Å². The van der Waals surface area contributed by atoms with Gasteiger partial charge in [0.1, 0.15) is 18.2 Å². The minimum Gasteiger partial charge on any atom is -0.493 e. The van der Waals surface area contributed by atoms with E-state index in [0.29, 0.717) is 23.7 Å². The molecule has 0 saturated heterocycles. The predicted octanol–water partition coefficient (Wildman–Crippen LogP) is 4.48. The number of carbonyl (C=O) groups excluding carboxylic acids is 1. The molecule has 27 heavy (non-hydrogen) atoms. The van der Waals surface area contributed by atoms with Crippen molar-refractivity contribution in [3.63, 3.8) is 0 Å². The molecule has 2 rings (SSSR count). The van der Waals surface area contributed by atoms with Crippen LogP contribution in [0.4, 0.5) is 0 Å². The summed E-state index contributed by atoms with van der Waals surface area (Å²) in [4.78, 5) is 13.4. The van der Waals surface area contributed by atoms with Gasteiger partial charge in [-0.05, 0) is 86.7 Å². The highest BCUT2D eigenvalue weighted by Crippen LogP contribution is 2.35. The molecule has 0 unspecified atom stereocenters. The number of benzene rings is 2. The second kappa shape index (κ2) is 9.94. The topological polar surface area (TPSA) is 62.6 Å². The van der Waals surface area contributed by atoms with Crippen LogP contribution < -0.4 is 9.47 Å². The van der Waals surface area contributed by atoms with Crippen molar-refractivity contribution in [1.29, 1.82) is 5.26 Å². The molecule has 140 valence electrons. The van der Waals surface area contributed by atoms with E-state index in [0.717, 1.165) is 9.13 Å². The van der Waals surface area contributed by atoms with Gasteiger partial charge in [-0.1, -0.05) is 12.1 Å². The Morgan fingerprint density at radius 2 is 1.89 bits per heavy atom. The Labute approximate surface area is 186 Å². The van der Waals surface area contributed by atoms with E-state index in [1.807, 2.05) is 36.4 Å². The third-order valence-corrected chi connectivity index (χ3v) is 5.14. The van der Waals surface area contributed by atoms with Crippen LogP contribution in [0.3, 0.4) is 0 Å². The van der Waals surface area contributed by atoms with Crippen molar-refractivity contribution in [2.45, 2.75) is 6.61 Å². The molecule has 2 aromatic rings. The largest absolute Gasteiger partial charge is 0.493 e. The van der Waals surface area contributed by atoms with Gasteiger partial charge in [0.15, 0.2) is 11.5 Å². The molecular weight excluding hydrogens is 570 g/mol. The van der Waals surface area contributed by atoms with Gasteiger partial charge in [0.05, 0.1) is 10.7 Å². The van der Waals surface area contributed by atoms with Crippen LogP contribution in [-0.2, 0) is 11.4 Å². The molecule has 0 fully saturated rings. The minimum absolute atomic E-state index is 0.0606. The Morgan fingerprint density at radius 3 is 2.44 bits per heavy atom. The standard InChI is InChI=1S/C20H18I2N2O3/c1-24(2)20(25)15(11-23)8-14-9-17(22)19(18(10-14)26-3)27-12-13-4-6-16(21)7-5-13/h4-10H,12H2,1-3H3/b15-8-. The van der Waals surface area contributed by atoms with Crippen LogP contribution in [0.15, 0.2) is 42.0 Å². The maximum atomic E-state index is 12.0. The van der Waals surface area contributed by atoms with Crippen molar-refractivity contribution in [3.05, 3.63) is 60.2 Å². The van der Waals surface area contributed by atoms with E-state index in [9.17, 15) is 10.1 Å². The first-order valence-corrected chi connectivity index (χ1v) is 10.1. The lowest BCUT2D eigenvalue weighted by molar-refractivity contribution is -0.124. The highest BCUT2D eigenvalue weighted by atomic mass is 127. The quantitative estimate of drug-likeness (QED) is 0.284. The zero-order valence-electron chi connectivity index (χ0n) is 15.1. The lowest BCUT2D eigenvalue weighted by atomic mass is 10.1. The lowest BCUT2D eigenvalue weighted by Crippen LogP contribution is -2.22. The molecule has 0 radical (unpaired) electrons. The Hall–Kier alpha value is -1.80. The molecule has 0 bridgehead atoms. The van der Waals surface area contributed by atoms with Gasteiger partial charge >= 0.3 is 0 Å². The molecule has 1 amide bonds. The number of hydrogen-bond acceptors (Lipinski definition) is 4. The second-order valence-corrected chi connectivity index (χ2v) is 8.23. The number of likely N-dealkylation sites (N-methyl/N-ethyl adjacent to an activating group) is 1. The highest BCUT2D eigenvalue weighted by Gasteiger charge is 2.15. The molecular formula is C20H18I2N2O3. The molecule has 0 spiro atoms. The summed E-state index contributed by atoms with van der Waals surface area (Å²) in [6, 6.07) is 13.7. The van der Waals surface area contributed by atoms with Gasteiger partial charge in [-0.25, -0.2) is 0 Å². The van der Waals surface area contributed by atoms with Crippen LogP contribution in [-0.4, -0.2) is 32.0 Å². The minimum atomic E-state index is -0.342. The van der Waals surface area contributed by atoms with Crippen LogP contribution in [0, 0.1) is 18.5 Å². The van der Waals surface area contributed by atoms with Crippen molar-refractivity contribution < 1.29 is 14.3 Å². The average Bonchev–Trinajstić information content (AvgIpc) is 2.65. The molecule has 5 nitrogen and oxygen atoms in total. The van der Waals surface area contributed by atoms with E-state index < -0.39 is 0 Å². The van der Waals surface area contributed by atoms with Crippen LogP contribution in [0.25, 0.3) is 6.08 Å². The van der Waals surface area contributed by atoms with Gasteiger partial charge in [-0.2, -0.15) is 5.26 Å². The number of nitrogens with zero attached hydrogens (tertiary/aromatic N) is 2. The third-order valence-electron chi connectivity index (χ3n) is 3.62. The molecule has 0 saturated carbocycles. The van der Waals surface area contributed by atoms with E-state index in [2.05, 4.69) is 45.2 Å².